The van der Waals surface area contributed by atoms with Gasteiger partial charge < -0.3 is 10.6 Å². The van der Waals surface area contributed by atoms with E-state index >= 15 is 0 Å². The van der Waals surface area contributed by atoms with Crippen LogP contribution in [0.5, 0.6) is 0 Å². The van der Waals surface area contributed by atoms with Crippen molar-refractivity contribution in [1.29, 1.82) is 0 Å². The number of likely N-dealkylation sites (N-methyl/N-ethyl adjacent to an activating group) is 1. The van der Waals surface area contributed by atoms with Gasteiger partial charge in [0.05, 0.1) is 6.54 Å². The molecule has 0 fully saturated rings. The molecule has 2 N–H and O–H groups in total. The van der Waals surface area contributed by atoms with Gasteiger partial charge >= 0.3 is 0 Å². The van der Waals surface area contributed by atoms with Crippen LogP contribution in [0.3, 0.4) is 0 Å². The first-order valence-electron chi connectivity index (χ1n) is 5.70. The highest BCUT2D eigenvalue weighted by Gasteiger charge is 2.04. The monoisotopic (exact) mass is 220 g/mol. The van der Waals surface area contributed by atoms with Crippen molar-refractivity contribution in [3.8, 4) is 0 Å². The third-order valence-electron chi connectivity index (χ3n) is 2.69. The van der Waals surface area contributed by atoms with Gasteiger partial charge in [0.1, 0.15) is 0 Å². The maximum atomic E-state index is 11.0. The molecule has 0 bridgehead atoms. The van der Waals surface area contributed by atoms with Crippen LogP contribution in [0.4, 0.5) is 0 Å². The predicted molar refractivity (Wildman–Crippen MR) is 66.4 cm³/mol. The smallest absolute Gasteiger partial charge is 0.233 e. The highest BCUT2D eigenvalue weighted by atomic mass is 16.1. The van der Waals surface area contributed by atoms with E-state index in [0.29, 0.717) is 12.5 Å². The minimum Gasteiger partial charge on any atom is -0.358 e. The topological polar surface area (TPSA) is 41.1 Å². The first-order chi connectivity index (χ1) is 7.74. The summed E-state index contributed by atoms with van der Waals surface area (Å²) in [6.45, 7) is 3.47. The zero-order valence-electron chi connectivity index (χ0n) is 9.99. The molecule has 3 heteroatoms. The summed E-state index contributed by atoms with van der Waals surface area (Å²) in [6.07, 6.45) is 1.04. The molecule has 16 heavy (non-hydrogen) atoms. The van der Waals surface area contributed by atoms with Crippen LogP contribution >= 0.6 is 0 Å². The summed E-state index contributed by atoms with van der Waals surface area (Å²) in [4.78, 5) is 11.0. The number of carbonyl (C=O) groups excluding carboxylic acids is 1. The van der Waals surface area contributed by atoms with E-state index in [4.69, 9.17) is 0 Å². The van der Waals surface area contributed by atoms with Crippen molar-refractivity contribution >= 4 is 5.91 Å². The second kappa shape index (κ2) is 7.01. The molecular formula is C13H20N2O. The Kier molecular flexibility index (Phi) is 5.57. The lowest BCUT2D eigenvalue weighted by molar-refractivity contribution is -0.119. The second-order valence-electron chi connectivity index (χ2n) is 3.95. The van der Waals surface area contributed by atoms with E-state index in [1.54, 1.807) is 7.05 Å². The van der Waals surface area contributed by atoms with E-state index in [1.807, 2.05) is 6.07 Å². The number of nitrogens with one attached hydrogen (secondary N) is 2. The van der Waals surface area contributed by atoms with Crippen molar-refractivity contribution in [3.63, 3.8) is 0 Å². The summed E-state index contributed by atoms with van der Waals surface area (Å²) in [5, 5.41) is 5.71. The molecule has 0 radical (unpaired) electrons. The number of benzene rings is 1. The van der Waals surface area contributed by atoms with E-state index in [1.165, 1.54) is 5.56 Å². The lowest BCUT2D eigenvalue weighted by atomic mass is 9.98. The fourth-order valence-corrected chi connectivity index (χ4v) is 1.56. The van der Waals surface area contributed by atoms with Gasteiger partial charge in [-0.15, -0.1) is 0 Å². The summed E-state index contributed by atoms with van der Waals surface area (Å²) in [6, 6.07) is 10.4. The van der Waals surface area contributed by atoms with Crippen LogP contribution in [-0.2, 0) is 4.79 Å². The average Bonchev–Trinajstić information content (AvgIpc) is 2.35. The molecule has 0 saturated carbocycles. The molecule has 1 amide bonds. The van der Waals surface area contributed by atoms with Gasteiger partial charge in [0, 0.05) is 7.05 Å². The first-order valence-corrected chi connectivity index (χ1v) is 5.70. The van der Waals surface area contributed by atoms with E-state index in [9.17, 15) is 4.79 Å². The molecule has 0 aliphatic heterocycles. The lowest BCUT2D eigenvalue weighted by Gasteiger charge is -2.11. The van der Waals surface area contributed by atoms with E-state index in [-0.39, 0.29) is 5.91 Å². The van der Waals surface area contributed by atoms with Gasteiger partial charge in [0.15, 0.2) is 0 Å². The molecule has 1 aromatic rings. The third kappa shape index (κ3) is 4.45. The number of rotatable bonds is 6. The maximum Gasteiger partial charge on any atom is 0.233 e. The second-order valence-corrected chi connectivity index (χ2v) is 3.95. The Morgan fingerprint density at radius 1 is 1.31 bits per heavy atom. The molecule has 1 aromatic carbocycles. The minimum absolute atomic E-state index is 0.0346. The van der Waals surface area contributed by atoms with E-state index < -0.39 is 0 Å². The Morgan fingerprint density at radius 2 is 2.00 bits per heavy atom. The Hall–Kier alpha value is -1.35. The summed E-state index contributed by atoms with van der Waals surface area (Å²) in [5.74, 6) is 0.561. The molecule has 0 aliphatic rings. The van der Waals surface area contributed by atoms with Crippen molar-refractivity contribution in [2.24, 2.45) is 0 Å². The quantitative estimate of drug-likeness (QED) is 0.714. The molecule has 3 nitrogen and oxygen atoms in total. The highest BCUT2D eigenvalue weighted by Crippen LogP contribution is 2.17. The van der Waals surface area contributed by atoms with Gasteiger partial charge in [0.25, 0.3) is 0 Å². The van der Waals surface area contributed by atoms with Crippen molar-refractivity contribution in [2.75, 3.05) is 20.1 Å². The molecule has 1 rings (SSSR count). The van der Waals surface area contributed by atoms with Crippen molar-refractivity contribution in [3.05, 3.63) is 35.9 Å². The molecule has 0 heterocycles. The maximum absolute atomic E-state index is 11.0. The van der Waals surface area contributed by atoms with Crippen molar-refractivity contribution < 1.29 is 4.79 Å². The molecule has 0 saturated heterocycles. The summed E-state index contributed by atoms with van der Waals surface area (Å²) >= 11 is 0. The Balaban J connectivity index is 2.21. The summed E-state index contributed by atoms with van der Waals surface area (Å²) in [5.41, 5.74) is 1.35. The van der Waals surface area contributed by atoms with Gasteiger partial charge in [-0.05, 0) is 24.4 Å². The van der Waals surface area contributed by atoms with Crippen LogP contribution < -0.4 is 10.6 Å². The van der Waals surface area contributed by atoms with Gasteiger partial charge in [-0.25, -0.2) is 0 Å². The van der Waals surface area contributed by atoms with Crippen LogP contribution in [0.2, 0.25) is 0 Å². The molecule has 0 aromatic heterocycles. The lowest BCUT2D eigenvalue weighted by Crippen LogP contribution is -2.32. The molecule has 1 unspecified atom stereocenters. The largest absolute Gasteiger partial charge is 0.358 e. The Bertz CT molecular complexity index is 311. The highest BCUT2D eigenvalue weighted by molar-refractivity contribution is 5.77. The van der Waals surface area contributed by atoms with Gasteiger partial charge in [-0.2, -0.15) is 0 Å². The molecular weight excluding hydrogens is 200 g/mol. The van der Waals surface area contributed by atoms with E-state index in [2.05, 4.69) is 41.8 Å². The number of carbonyl (C=O) groups is 1. The number of hydrogen-bond acceptors (Lipinski definition) is 2. The first kappa shape index (κ1) is 12.7. The Labute approximate surface area is 97.2 Å². The van der Waals surface area contributed by atoms with Crippen molar-refractivity contribution in [2.45, 2.75) is 19.3 Å². The summed E-state index contributed by atoms with van der Waals surface area (Å²) in [7, 11) is 1.65. The van der Waals surface area contributed by atoms with Gasteiger partial charge in [-0.1, -0.05) is 37.3 Å². The predicted octanol–water partition coefficient (Wildman–Crippen LogP) is 1.52. The zero-order valence-corrected chi connectivity index (χ0v) is 9.99. The normalized spacial score (nSPS) is 12.1. The van der Waals surface area contributed by atoms with Crippen LogP contribution in [-0.4, -0.2) is 26.0 Å². The average molecular weight is 220 g/mol. The zero-order chi connectivity index (χ0) is 11.8. The number of hydrogen-bond donors (Lipinski definition) is 2. The SMILES string of the molecule is CNC(=O)CNCCC(C)c1ccccc1. The standard InChI is InChI=1S/C13H20N2O/c1-11(12-6-4-3-5-7-12)8-9-15-10-13(16)14-2/h3-7,11,15H,8-10H2,1-2H3,(H,14,16). The fourth-order valence-electron chi connectivity index (χ4n) is 1.56. The van der Waals surface area contributed by atoms with E-state index in [0.717, 1.165) is 13.0 Å². The molecule has 1 atom stereocenters. The Morgan fingerprint density at radius 3 is 2.62 bits per heavy atom. The fraction of sp³-hybridized carbons (Fsp3) is 0.462. The molecule has 0 spiro atoms. The van der Waals surface area contributed by atoms with Crippen LogP contribution in [0.25, 0.3) is 0 Å². The summed E-state index contributed by atoms with van der Waals surface area (Å²) < 4.78 is 0. The molecule has 88 valence electrons. The van der Waals surface area contributed by atoms with Crippen LogP contribution in [0.1, 0.15) is 24.8 Å². The number of amides is 1. The van der Waals surface area contributed by atoms with Gasteiger partial charge in [-0.3, -0.25) is 4.79 Å². The minimum atomic E-state index is 0.0346. The molecule has 0 aliphatic carbocycles. The third-order valence-corrected chi connectivity index (χ3v) is 2.69. The van der Waals surface area contributed by atoms with Crippen LogP contribution in [0.15, 0.2) is 30.3 Å². The van der Waals surface area contributed by atoms with Gasteiger partial charge in [0.2, 0.25) is 5.91 Å². The van der Waals surface area contributed by atoms with Crippen molar-refractivity contribution in [1.82, 2.24) is 10.6 Å². The van der Waals surface area contributed by atoms with Crippen LogP contribution in [0, 0.1) is 0 Å².